The maximum absolute atomic E-state index is 13.9. The van der Waals surface area contributed by atoms with Gasteiger partial charge < -0.3 is 9.30 Å². The number of amides is 1. The summed E-state index contributed by atoms with van der Waals surface area (Å²) in [6, 6.07) is 18.0. The highest BCUT2D eigenvalue weighted by molar-refractivity contribution is 8.18. The van der Waals surface area contributed by atoms with Crippen molar-refractivity contribution in [3.8, 4) is 0 Å². The van der Waals surface area contributed by atoms with Gasteiger partial charge in [0.25, 0.3) is 5.91 Å². The predicted octanol–water partition coefficient (Wildman–Crippen LogP) is 6.70. The molecule has 1 saturated carbocycles. The van der Waals surface area contributed by atoms with Crippen LogP contribution >= 0.6 is 11.8 Å². The molecular formula is C30H33N3O3S. The summed E-state index contributed by atoms with van der Waals surface area (Å²) in [5.74, 6) is 0.165. The molecule has 0 spiro atoms. The number of thioether (sulfide) groups is 1. The molecule has 1 amide bonds. The van der Waals surface area contributed by atoms with Crippen LogP contribution in [-0.4, -0.2) is 39.2 Å². The Labute approximate surface area is 222 Å². The van der Waals surface area contributed by atoms with Crippen LogP contribution in [0.3, 0.4) is 0 Å². The van der Waals surface area contributed by atoms with Crippen molar-refractivity contribution in [2.24, 2.45) is 10.9 Å². The standard InChI is InChI=1S/C30H33N3O3S/c1-4-36-28(34)19-32-21(3)24(23-15-9-11-17-26(23)32)18-27-29(35)33(25-16-10-8-12-20(25)2)30(37-27)31-22-13-6-5-7-14-22/h5-7,9,11,13-15,17-18,20,25H,4,8,10,12,16,19H2,1-3H3/b27-18-,31-30?/t20-,25-/m0/s1. The summed E-state index contributed by atoms with van der Waals surface area (Å²) in [6.45, 7) is 6.53. The Bertz CT molecular complexity index is 1380. The first-order chi connectivity index (χ1) is 18.0. The summed E-state index contributed by atoms with van der Waals surface area (Å²) < 4.78 is 7.19. The molecule has 1 aromatic heterocycles. The van der Waals surface area contributed by atoms with E-state index >= 15 is 0 Å². The Hall–Kier alpha value is -3.32. The van der Waals surface area contributed by atoms with Crippen LogP contribution in [0.1, 0.15) is 50.8 Å². The third-order valence-electron chi connectivity index (χ3n) is 7.36. The quantitative estimate of drug-likeness (QED) is 0.271. The lowest BCUT2D eigenvalue weighted by Crippen LogP contribution is -2.44. The van der Waals surface area contributed by atoms with Crippen LogP contribution in [0.15, 0.2) is 64.5 Å². The minimum Gasteiger partial charge on any atom is -0.465 e. The third-order valence-corrected chi connectivity index (χ3v) is 8.35. The van der Waals surface area contributed by atoms with E-state index in [0.29, 0.717) is 17.4 Å². The molecule has 1 aliphatic carbocycles. The number of aliphatic imine (C=N–C) groups is 1. The van der Waals surface area contributed by atoms with Crippen molar-refractivity contribution in [3.05, 3.63) is 70.8 Å². The first-order valence-electron chi connectivity index (χ1n) is 13.1. The number of hydrogen-bond acceptors (Lipinski definition) is 5. The Morgan fingerprint density at radius 2 is 1.84 bits per heavy atom. The normalized spacial score (nSPS) is 22.4. The molecule has 2 atom stereocenters. The van der Waals surface area contributed by atoms with E-state index in [-0.39, 0.29) is 24.5 Å². The molecule has 0 N–H and O–H groups in total. The summed E-state index contributed by atoms with van der Waals surface area (Å²) in [5, 5.41) is 1.75. The van der Waals surface area contributed by atoms with Crippen LogP contribution in [0.25, 0.3) is 17.0 Å². The van der Waals surface area contributed by atoms with Crippen molar-refractivity contribution >= 4 is 51.5 Å². The zero-order valence-electron chi connectivity index (χ0n) is 21.6. The lowest BCUT2D eigenvalue weighted by Gasteiger charge is -2.35. The highest BCUT2D eigenvalue weighted by Crippen LogP contribution is 2.41. The summed E-state index contributed by atoms with van der Waals surface area (Å²) in [6.07, 6.45) is 6.44. The van der Waals surface area contributed by atoms with E-state index in [1.54, 1.807) is 0 Å². The summed E-state index contributed by atoms with van der Waals surface area (Å²) in [7, 11) is 0. The Kier molecular flexibility index (Phi) is 7.51. The minimum atomic E-state index is -0.272. The molecule has 6 nitrogen and oxygen atoms in total. The smallest absolute Gasteiger partial charge is 0.325 e. The van der Waals surface area contributed by atoms with Gasteiger partial charge in [-0.15, -0.1) is 0 Å². The Morgan fingerprint density at radius 3 is 2.59 bits per heavy atom. The molecule has 7 heteroatoms. The van der Waals surface area contributed by atoms with E-state index in [1.165, 1.54) is 18.2 Å². The van der Waals surface area contributed by atoms with Crippen molar-refractivity contribution in [1.82, 2.24) is 9.47 Å². The van der Waals surface area contributed by atoms with E-state index in [9.17, 15) is 9.59 Å². The molecule has 2 aliphatic rings. The molecule has 5 rings (SSSR count). The molecule has 37 heavy (non-hydrogen) atoms. The number of carbonyl (C=O) groups excluding carboxylic acids is 2. The van der Waals surface area contributed by atoms with Gasteiger partial charge in [0.2, 0.25) is 0 Å². The molecule has 0 radical (unpaired) electrons. The third kappa shape index (κ3) is 5.10. The maximum atomic E-state index is 13.9. The topological polar surface area (TPSA) is 63.9 Å². The molecule has 2 fully saturated rings. The van der Waals surface area contributed by atoms with Crippen molar-refractivity contribution in [2.75, 3.05) is 6.61 Å². The minimum absolute atomic E-state index is 0.0139. The first kappa shape index (κ1) is 25.3. The maximum Gasteiger partial charge on any atom is 0.325 e. The summed E-state index contributed by atoms with van der Waals surface area (Å²) >= 11 is 1.45. The first-order valence-corrected chi connectivity index (χ1v) is 13.9. The van der Waals surface area contributed by atoms with Crippen molar-refractivity contribution in [3.63, 3.8) is 0 Å². The lowest BCUT2D eigenvalue weighted by molar-refractivity contribution is -0.143. The number of para-hydroxylation sites is 2. The highest BCUT2D eigenvalue weighted by Gasteiger charge is 2.41. The largest absolute Gasteiger partial charge is 0.465 e. The second-order valence-electron chi connectivity index (χ2n) is 9.75. The number of carbonyl (C=O) groups is 2. The number of aromatic nitrogens is 1. The van der Waals surface area contributed by atoms with Crippen LogP contribution in [0.2, 0.25) is 0 Å². The molecule has 3 aromatic rings. The van der Waals surface area contributed by atoms with Crippen molar-refractivity contribution < 1.29 is 14.3 Å². The Balaban J connectivity index is 1.58. The molecule has 1 aliphatic heterocycles. The van der Waals surface area contributed by atoms with Gasteiger partial charge in [0.15, 0.2) is 5.17 Å². The molecular weight excluding hydrogens is 482 g/mol. The average Bonchev–Trinajstić information content (AvgIpc) is 3.34. The van der Waals surface area contributed by atoms with Gasteiger partial charge in [0.05, 0.1) is 17.2 Å². The zero-order valence-corrected chi connectivity index (χ0v) is 22.5. The Morgan fingerprint density at radius 1 is 1.11 bits per heavy atom. The fourth-order valence-corrected chi connectivity index (χ4v) is 6.49. The van der Waals surface area contributed by atoms with Crippen LogP contribution in [0.4, 0.5) is 5.69 Å². The fourth-order valence-electron chi connectivity index (χ4n) is 5.46. The van der Waals surface area contributed by atoms with Crippen LogP contribution in [-0.2, 0) is 20.9 Å². The van der Waals surface area contributed by atoms with Gasteiger partial charge in [0, 0.05) is 28.2 Å². The summed E-state index contributed by atoms with van der Waals surface area (Å²) in [5.41, 5.74) is 3.68. The van der Waals surface area contributed by atoms with E-state index in [0.717, 1.165) is 52.3 Å². The summed E-state index contributed by atoms with van der Waals surface area (Å²) in [4.78, 5) is 33.8. The zero-order chi connectivity index (χ0) is 25.9. The number of nitrogens with zero attached hydrogens (tertiary/aromatic N) is 3. The van der Waals surface area contributed by atoms with Crippen molar-refractivity contribution in [2.45, 2.75) is 59.0 Å². The predicted molar refractivity (Wildman–Crippen MR) is 151 cm³/mol. The lowest BCUT2D eigenvalue weighted by atomic mass is 9.85. The molecule has 2 heterocycles. The molecule has 0 unspecified atom stereocenters. The number of amidine groups is 1. The van der Waals surface area contributed by atoms with Gasteiger partial charge in [0.1, 0.15) is 6.54 Å². The van der Waals surface area contributed by atoms with Crippen LogP contribution in [0.5, 0.6) is 0 Å². The SMILES string of the molecule is CCOC(=O)Cn1c(C)c(/C=C2\SC(=Nc3ccccc3)N([C@H]3CCCC[C@@H]3C)C2=O)c2ccccc21. The van der Waals surface area contributed by atoms with Crippen LogP contribution in [0, 0.1) is 12.8 Å². The van der Waals surface area contributed by atoms with Gasteiger partial charge in [-0.1, -0.05) is 56.2 Å². The van der Waals surface area contributed by atoms with Gasteiger partial charge >= 0.3 is 5.97 Å². The van der Waals surface area contributed by atoms with E-state index in [1.807, 2.05) is 84.0 Å². The monoisotopic (exact) mass is 515 g/mol. The van der Waals surface area contributed by atoms with E-state index in [2.05, 4.69) is 6.92 Å². The number of hydrogen-bond donors (Lipinski definition) is 0. The molecule has 1 saturated heterocycles. The number of rotatable bonds is 6. The molecule has 192 valence electrons. The van der Waals surface area contributed by atoms with Gasteiger partial charge in [-0.25, -0.2) is 4.99 Å². The second-order valence-corrected chi connectivity index (χ2v) is 10.8. The van der Waals surface area contributed by atoms with Gasteiger partial charge in [-0.3, -0.25) is 14.5 Å². The fraction of sp³-hybridized carbons (Fsp3) is 0.367. The number of esters is 1. The van der Waals surface area contributed by atoms with Crippen LogP contribution < -0.4 is 0 Å². The van der Waals surface area contributed by atoms with Gasteiger partial charge in [-0.05, 0) is 68.6 Å². The number of ether oxygens (including phenoxy) is 1. The molecule has 0 bridgehead atoms. The van der Waals surface area contributed by atoms with Crippen molar-refractivity contribution in [1.29, 1.82) is 0 Å². The van der Waals surface area contributed by atoms with Gasteiger partial charge in [-0.2, -0.15) is 0 Å². The number of fused-ring (bicyclic) bond motifs is 1. The van der Waals surface area contributed by atoms with E-state index < -0.39 is 0 Å². The highest BCUT2D eigenvalue weighted by atomic mass is 32.2. The average molecular weight is 516 g/mol. The second kappa shape index (κ2) is 11.0. The van der Waals surface area contributed by atoms with E-state index in [4.69, 9.17) is 9.73 Å². The number of benzene rings is 2. The molecule has 2 aromatic carbocycles.